The van der Waals surface area contributed by atoms with Crippen LogP contribution in [0.4, 0.5) is 0 Å². The summed E-state index contributed by atoms with van der Waals surface area (Å²) in [4.78, 5) is 11.6. The second-order valence-electron chi connectivity index (χ2n) is 4.77. The molecule has 0 radical (unpaired) electrons. The quantitative estimate of drug-likeness (QED) is 0.818. The van der Waals surface area contributed by atoms with Crippen molar-refractivity contribution in [1.82, 2.24) is 0 Å². The van der Waals surface area contributed by atoms with Crippen LogP contribution in [-0.4, -0.2) is 18.2 Å². The molecule has 0 heterocycles. The second-order valence-corrected chi connectivity index (χ2v) is 4.77. The number of hydrogen-bond donors (Lipinski definition) is 1. The van der Waals surface area contributed by atoms with Crippen molar-refractivity contribution in [2.24, 2.45) is 0 Å². The maximum atomic E-state index is 11.6. The van der Waals surface area contributed by atoms with E-state index in [1.54, 1.807) is 12.1 Å². The molecule has 0 unspecified atom stereocenters. The third-order valence-corrected chi connectivity index (χ3v) is 2.85. The van der Waals surface area contributed by atoms with Gasteiger partial charge in [-0.15, -0.1) is 0 Å². The third kappa shape index (κ3) is 2.60. The number of esters is 1. The van der Waals surface area contributed by atoms with Gasteiger partial charge in [0, 0.05) is 5.56 Å². The van der Waals surface area contributed by atoms with E-state index >= 15 is 0 Å². The summed E-state index contributed by atoms with van der Waals surface area (Å²) < 4.78 is 4.73. The van der Waals surface area contributed by atoms with Crippen LogP contribution in [-0.2, 0) is 4.74 Å². The van der Waals surface area contributed by atoms with Gasteiger partial charge in [-0.2, -0.15) is 0 Å². The van der Waals surface area contributed by atoms with Crippen LogP contribution >= 0.6 is 0 Å². The molecule has 0 spiro atoms. The minimum Gasteiger partial charge on any atom is -0.507 e. The summed E-state index contributed by atoms with van der Waals surface area (Å²) in [5.74, 6) is 0.110. The number of phenolic OH excluding ortho intramolecular Hbond substituents is 1. The van der Waals surface area contributed by atoms with Crippen LogP contribution in [0.25, 0.3) is 0 Å². The zero-order valence-corrected chi connectivity index (χ0v) is 11.1. The number of ether oxygens (including phenoxy) is 1. The topological polar surface area (TPSA) is 46.5 Å². The summed E-state index contributed by atoms with van der Waals surface area (Å²) >= 11 is 0. The van der Waals surface area contributed by atoms with Crippen molar-refractivity contribution in [3.8, 4) is 5.75 Å². The molecule has 94 valence electrons. The van der Waals surface area contributed by atoms with Crippen LogP contribution in [0.1, 0.15) is 61.0 Å². The maximum absolute atomic E-state index is 11.6. The fraction of sp³-hybridized carbons (Fsp3) is 0.500. The van der Waals surface area contributed by atoms with Gasteiger partial charge in [-0.1, -0.05) is 33.8 Å². The zero-order valence-electron chi connectivity index (χ0n) is 11.1. The standard InChI is InChI=1S/C14H20O3/c1-8(2)10-6-7-11(14(16)17-5)12(9(3)4)13(10)15/h6-9,15H,1-5H3. The van der Waals surface area contributed by atoms with Crippen LogP contribution in [0, 0.1) is 0 Å². The van der Waals surface area contributed by atoms with Gasteiger partial charge in [0.15, 0.2) is 0 Å². The Kier molecular flexibility index (Phi) is 4.16. The Morgan fingerprint density at radius 3 is 2.18 bits per heavy atom. The number of carbonyl (C=O) groups is 1. The smallest absolute Gasteiger partial charge is 0.338 e. The predicted octanol–water partition coefficient (Wildman–Crippen LogP) is 3.43. The number of rotatable bonds is 3. The lowest BCUT2D eigenvalue weighted by Gasteiger charge is -2.18. The zero-order chi connectivity index (χ0) is 13.2. The number of phenols is 1. The molecule has 0 amide bonds. The summed E-state index contributed by atoms with van der Waals surface area (Å²) in [7, 11) is 1.35. The Morgan fingerprint density at radius 1 is 1.18 bits per heavy atom. The number of aromatic hydroxyl groups is 1. The van der Waals surface area contributed by atoms with E-state index in [9.17, 15) is 9.90 Å². The SMILES string of the molecule is COC(=O)c1ccc(C(C)C)c(O)c1C(C)C. The Morgan fingerprint density at radius 2 is 1.76 bits per heavy atom. The van der Waals surface area contributed by atoms with Gasteiger partial charge in [-0.25, -0.2) is 4.79 Å². The summed E-state index contributed by atoms with van der Waals surface area (Å²) in [5.41, 5.74) is 1.98. The average Bonchev–Trinajstić information content (AvgIpc) is 2.26. The highest BCUT2D eigenvalue weighted by Gasteiger charge is 2.21. The van der Waals surface area contributed by atoms with E-state index in [1.807, 2.05) is 27.7 Å². The minimum absolute atomic E-state index is 0.0720. The first-order valence-electron chi connectivity index (χ1n) is 5.84. The van der Waals surface area contributed by atoms with E-state index < -0.39 is 5.97 Å². The first kappa shape index (κ1) is 13.6. The molecule has 1 rings (SSSR count). The normalized spacial score (nSPS) is 11.0. The fourth-order valence-corrected chi connectivity index (χ4v) is 1.96. The van der Waals surface area contributed by atoms with Gasteiger partial charge in [0.25, 0.3) is 0 Å². The molecule has 0 fully saturated rings. The molecule has 0 saturated carbocycles. The van der Waals surface area contributed by atoms with E-state index in [-0.39, 0.29) is 17.6 Å². The highest BCUT2D eigenvalue weighted by atomic mass is 16.5. The van der Waals surface area contributed by atoms with Crippen LogP contribution in [0.15, 0.2) is 12.1 Å². The van der Waals surface area contributed by atoms with Gasteiger partial charge >= 0.3 is 5.97 Å². The molecule has 0 saturated heterocycles. The Balaban J connectivity index is 3.45. The molecule has 0 aliphatic heterocycles. The Hall–Kier alpha value is -1.51. The molecule has 0 aliphatic rings. The Labute approximate surface area is 102 Å². The number of carbonyl (C=O) groups excluding carboxylic acids is 1. The average molecular weight is 236 g/mol. The number of benzene rings is 1. The first-order valence-corrected chi connectivity index (χ1v) is 5.84. The lowest BCUT2D eigenvalue weighted by Crippen LogP contribution is -2.08. The molecule has 1 aromatic carbocycles. The van der Waals surface area contributed by atoms with Gasteiger partial charge in [-0.05, 0) is 23.5 Å². The van der Waals surface area contributed by atoms with E-state index in [2.05, 4.69) is 0 Å². The molecule has 17 heavy (non-hydrogen) atoms. The van der Waals surface area contributed by atoms with Crippen molar-refractivity contribution in [3.05, 3.63) is 28.8 Å². The highest BCUT2D eigenvalue weighted by molar-refractivity contribution is 5.92. The second kappa shape index (κ2) is 5.21. The summed E-state index contributed by atoms with van der Waals surface area (Å²) in [6, 6.07) is 3.52. The first-order chi connectivity index (χ1) is 7.90. The van der Waals surface area contributed by atoms with E-state index in [0.29, 0.717) is 11.1 Å². The third-order valence-electron chi connectivity index (χ3n) is 2.85. The number of methoxy groups -OCH3 is 1. The lowest BCUT2D eigenvalue weighted by molar-refractivity contribution is 0.0598. The summed E-state index contributed by atoms with van der Waals surface area (Å²) in [5, 5.41) is 10.2. The molecular weight excluding hydrogens is 216 g/mol. The lowest BCUT2D eigenvalue weighted by atomic mass is 9.90. The van der Waals surface area contributed by atoms with Crippen LogP contribution in [0.5, 0.6) is 5.75 Å². The van der Waals surface area contributed by atoms with Crippen molar-refractivity contribution in [3.63, 3.8) is 0 Å². The highest BCUT2D eigenvalue weighted by Crippen LogP contribution is 2.36. The molecule has 0 aliphatic carbocycles. The van der Waals surface area contributed by atoms with Crippen molar-refractivity contribution in [2.45, 2.75) is 39.5 Å². The fourth-order valence-electron chi connectivity index (χ4n) is 1.96. The van der Waals surface area contributed by atoms with Crippen molar-refractivity contribution >= 4 is 5.97 Å². The summed E-state index contributed by atoms with van der Waals surface area (Å²) in [6.07, 6.45) is 0. The largest absolute Gasteiger partial charge is 0.507 e. The van der Waals surface area contributed by atoms with Crippen molar-refractivity contribution in [1.29, 1.82) is 0 Å². The van der Waals surface area contributed by atoms with Crippen molar-refractivity contribution < 1.29 is 14.6 Å². The van der Waals surface area contributed by atoms with Gasteiger partial charge in [-0.3, -0.25) is 0 Å². The molecule has 1 N–H and O–H groups in total. The van der Waals surface area contributed by atoms with E-state index in [1.165, 1.54) is 7.11 Å². The minimum atomic E-state index is -0.403. The molecule has 3 heteroatoms. The molecule has 0 aromatic heterocycles. The van der Waals surface area contributed by atoms with Crippen LogP contribution in [0.3, 0.4) is 0 Å². The number of hydrogen-bond acceptors (Lipinski definition) is 3. The van der Waals surface area contributed by atoms with Crippen molar-refractivity contribution in [2.75, 3.05) is 7.11 Å². The van der Waals surface area contributed by atoms with Gasteiger partial charge in [0.1, 0.15) is 5.75 Å². The summed E-state index contributed by atoms with van der Waals surface area (Å²) in [6.45, 7) is 7.92. The Bertz CT molecular complexity index is 420. The predicted molar refractivity (Wildman–Crippen MR) is 67.6 cm³/mol. The monoisotopic (exact) mass is 236 g/mol. The van der Waals surface area contributed by atoms with E-state index in [0.717, 1.165) is 5.56 Å². The van der Waals surface area contributed by atoms with Crippen LogP contribution in [0.2, 0.25) is 0 Å². The molecule has 1 aromatic rings. The van der Waals surface area contributed by atoms with Gasteiger partial charge < -0.3 is 9.84 Å². The molecular formula is C14H20O3. The van der Waals surface area contributed by atoms with Crippen LogP contribution < -0.4 is 0 Å². The molecule has 0 atom stereocenters. The maximum Gasteiger partial charge on any atom is 0.338 e. The van der Waals surface area contributed by atoms with Gasteiger partial charge in [0.2, 0.25) is 0 Å². The molecule has 0 bridgehead atoms. The van der Waals surface area contributed by atoms with Gasteiger partial charge in [0.05, 0.1) is 12.7 Å². The van der Waals surface area contributed by atoms with E-state index in [4.69, 9.17) is 4.74 Å². The molecule has 3 nitrogen and oxygen atoms in total.